The second-order valence-electron chi connectivity index (χ2n) is 4.86. The zero-order valence-electron chi connectivity index (χ0n) is 9.46. The molecular formula is C14H20. The normalized spacial score (nSPS) is 46.6. The zero-order valence-corrected chi connectivity index (χ0v) is 9.46. The van der Waals surface area contributed by atoms with Crippen LogP contribution in [0.25, 0.3) is 0 Å². The summed E-state index contributed by atoms with van der Waals surface area (Å²) < 4.78 is 0. The Kier molecular flexibility index (Phi) is 2.62. The van der Waals surface area contributed by atoms with Crippen LogP contribution in [0.1, 0.15) is 33.6 Å². The van der Waals surface area contributed by atoms with Gasteiger partial charge in [-0.3, -0.25) is 0 Å². The number of fused-ring (bicyclic) bond motifs is 1. The van der Waals surface area contributed by atoms with E-state index in [1.807, 2.05) is 0 Å². The summed E-state index contributed by atoms with van der Waals surface area (Å²) in [4.78, 5) is 0. The van der Waals surface area contributed by atoms with Gasteiger partial charge in [0.25, 0.3) is 0 Å². The van der Waals surface area contributed by atoms with Crippen LogP contribution in [-0.4, -0.2) is 0 Å². The van der Waals surface area contributed by atoms with Gasteiger partial charge in [0.2, 0.25) is 0 Å². The lowest BCUT2D eigenvalue weighted by molar-refractivity contribution is 0.690. The van der Waals surface area contributed by atoms with Crippen LogP contribution in [-0.2, 0) is 0 Å². The molecule has 0 aliphatic heterocycles. The van der Waals surface area contributed by atoms with Crippen LogP contribution in [0.3, 0.4) is 0 Å². The molecule has 76 valence electrons. The molecule has 0 aromatic heterocycles. The van der Waals surface area contributed by atoms with Gasteiger partial charge in [-0.25, -0.2) is 0 Å². The van der Waals surface area contributed by atoms with E-state index in [0.717, 1.165) is 5.92 Å². The second-order valence-corrected chi connectivity index (χ2v) is 4.86. The van der Waals surface area contributed by atoms with Crippen LogP contribution in [0.4, 0.5) is 0 Å². The van der Waals surface area contributed by atoms with Crippen LogP contribution >= 0.6 is 0 Å². The van der Waals surface area contributed by atoms with Gasteiger partial charge in [-0.05, 0) is 41.7 Å². The minimum Gasteiger partial charge on any atom is -0.0813 e. The molecular weight excluding hydrogens is 168 g/mol. The highest BCUT2D eigenvalue weighted by atomic mass is 14.3. The fraction of sp³-hybridized carbons (Fsp3) is 0.571. The van der Waals surface area contributed by atoms with E-state index < -0.39 is 0 Å². The molecule has 0 heteroatoms. The lowest BCUT2D eigenvalue weighted by Gasteiger charge is -2.13. The van der Waals surface area contributed by atoms with Crippen molar-refractivity contribution < 1.29 is 0 Å². The molecule has 0 N–H and O–H groups in total. The first-order chi connectivity index (χ1) is 6.66. The van der Waals surface area contributed by atoms with Crippen LogP contribution in [0.15, 0.2) is 35.5 Å². The predicted octanol–water partition coefficient (Wildman–Crippen LogP) is 4.11. The van der Waals surface area contributed by atoms with E-state index >= 15 is 0 Å². The van der Waals surface area contributed by atoms with E-state index in [4.69, 9.17) is 0 Å². The Hall–Kier alpha value is -0.780. The number of hydrogen-bond acceptors (Lipinski definition) is 0. The van der Waals surface area contributed by atoms with Crippen molar-refractivity contribution in [3.05, 3.63) is 35.5 Å². The Morgan fingerprint density at radius 2 is 1.64 bits per heavy atom. The van der Waals surface area contributed by atoms with Gasteiger partial charge in [0.15, 0.2) is 0 Å². The minimum atomic E-state index is 0.608. The molecule has 0 aromatic carbocycles. The predicted molar refractivity (Wildman–Crippen MR) is 62.0 cm³/mol. The molecule has 0 amide bonds. The summed E-state index contributed by atoms with van der Waals surface area (Å²) in [6.45, 7) is 6.92. The number of hydrogen-bond donors (Lipinski definition) is 0. The Bertz CT molecular complexity index is 304. The van der Waals surface area contributed by atoms with Crippen molar-refractivity contribution in [2.75, 3.05) is 0 Å². The second kappa shape index (κ2) is 3.76. The van der Waals surface area contributed by atoms with Crippen molar-refractivity contribution in [3.8, 4) is 0 Å². The quantitative estimate of drug-likeness (QED) is 0.502. The topological polar surface area (TPSA) is 0 Å². The molecule has 0 aromatic rings. The highest BCUT2D eigenvalue weighted by Gasteiger charge is 2.22. The average Bonchev–Trinajstić information content (AvgIpc) is 2.44. The molecule has 0 saturated heterocycles. The Morgan fingerprint density at radius 1 is 1.00 bits per heavy atom. The molecule has 2 aliphatic rings. The molecule has 14 heavy (non-hydrogen) atoms. The number of rotatable bonds is 0. The van der Waals surface area contributed by atoms with E-state index in [1.165, 1.54) is 12.8 Å². The summed E-state index contributed by atoms with van der Waals surface area (Å²) in [5.74, 6) is 2.00. The molecule has 3 atom stereocenters. The van der Waals surface area contributed by atoms with E-state index in [2.05, 4.69) is 45.1 Å². The van der Waals surface area contributed by atoms with Gasteiger partial charge in [-0.15, -0.1) is 0 Å². The highest BCUT2D eigenvalue weighted by Crippen LogP contribution is 2.38. The smallest absolute Gasteiger partial charge is 0.00756 e. The maximum Gasteiger partial charge on any atom is -0.00756 e. The third-order valence-electron chi connectivity index (χ3n) is 3.37. The third kappa shape index (κ3) is 1.84. The summed E-state index contributed by atoms with van der Waals surface area (Å²) in [6, 6.07) is 0. The molecule has 0 radical (unpaired) electrons. The summed E-state index contributed by atoms with van der Waals surface area (Å²) >= 11 is 0. The molecule has 3 unspecified atom stereocenters. The molecule has 2 rings (SSSR count). The molecule has 1 fully saturated rings. The molecule has 0 spiro atoms. The van der Waals surface area contributed by atoms with Gasteiger partial charge >= 0.3 is 0 Å². The first-order valence-electron chi connectivity index (χ1n) is 5.78. The fourth-order valence-corrected chi connectivity index (χ4v) is 2.50. The largest absolute Gasteiger partial charge is 0.0813 e. The first kappa shape index (κ1) is 9.76. The van der Waals surface area contributed by atoms with Gasteiger partial charge in [-0.2, -0.15) is 0 Å². The van der Waals surface area contributed by atoms with Gasteiger partial charge in [0.05, 0.1) is 0 Å². The van der Waals surface area contributed by atoms with Gasteiger partial charge < -0.3 is 0 Å². The summed E-state index contributed by atoms with van der Waals surface area (Å²) in [5, 5.41) is 0. The molecule has 0 heterocycles. The highest BCUT2D eigenvalue weighted by molar-refractivity contribution is 5.39. The molecule has 0 bridgehead atoms. The van der Waals surface area contributed by atoms with Crippen molar-refractivity contribution >= 4 is 0 Å². The van der Waals surface area contributed by atoms with Crippen molar-refractivity contribution in [3.63, 3.8) is 0 Å². The van der Waals surface area contributed by atoms with Crippen LogP contribution in [0, 0.1) is 17.8 Å². The molecule has 2 aliphatic carbocycles. The fourth-order valence-electron chi connectivity index (χ4n) is 2.50. The van der Waals surface area contributed by atoms with Crippen molar-refractivity contribution in [1.82, 2.24) is 0 Å². The van der Waals surface area contributed by atoms with E-state index in [1.54, 1.807) is 11.1 Å². The van der Waals surface area contributed by atoms with E-state index in [0.29, 0.717) is 11.8 Å². The van der Waals surface area contributed by atoms with Gasteiger partial charge in [0.1, 0.15) is 0 Å². The average molecular weight is 188 g/mol. The van der Waals surface area contributed by atoms with Crippen molar-refractivity contribution in [1.29, 1.82) is 0 Å². The lowest BCUT2D eigenvalue weighted by atomic mass is 9.92. The lowest BCUT2D eigenvalue weighted by Crippen LogP contribution is -1.99. The van der Waals surface area contributed by atoms with Crippen molar-refractivity contribution in [2.45, 2.75) is 33.6 Å². The third-order valence-corrected chi connectivity index (χ3v) is 3.37. The molecule has 0 nitrogen and oxygen atoms in total. The molecule has 1 saturated carbocycles. The monoisotopic (exact) mass is 188 g/mol. The summed E-state index contributed by atoms with van der Waals surface area (Å²) in [7, 11) is 0. The van der Waals surface area contributed by atoms with Crippen molar-refractivity contribution in [2.24, 2.45) is 17.8 Å². The summed E-state index contributed by atoms with van der Waals surface area (Å²) in [6.07, 6.45) is 12.2. The zero-order chi connectivity index (χ0) is 10.1. The van der Waals surface area contributed by atoms with Crippen LogP contribution in [0.2, 0.25) is 0 Å². The van der Waals surface area contributed by atoms with E-state index in [-0.39, 0.29) is 0 Å². The standard InChI is InChI=1S/C14H20/c1-10-4-5-11(2)9-14-12(3)6-7-13(14)8-10/h4-5,8-12H,6-7H2,1-3H3/b5-4-,13-8-,14-9-. The maximum atomic E-state index is 2.45. The minimum absolute atomic E-state index is 0.608. The Balaban J connectivity index is 2.38. The Morgan fingerprint density at radius 3 is 2.36 bits per heavy atom. The number of allylic oxidation sites excluding steroid dienone is 6. The van der Waals surface area contributed by atoms with Gasteiger partial charge in [0, 0.05) is 0 Å². The van der Waals surface area contributed by atoms with Gasteiger partial charge in [-0.1, -0.05) is 45.1 Å². The first-order valence-corrected chi connectivity index (χ1v) is 5.78. The SMILES string of the molecule is CC1/C=C\C(C)/C=C2\C(=C/1)CCC2C. The van der Waals surface area contributed by atoms with E-state index in [9.17, 15) is 0 Å². The summed E-state index contributed by atoms with van der Waals surface area (Å²) in [5.41, 5.74) is 3.23. The van der Waals surface area contributed by atoms with Crippen LogP contribution < -0.4 is 0 Å². The Labute approximate surface area is 87.4 Å². The van der Waals surface area contributed by atoms with Crippen LogP contribution in [0.5, 0.6) is 0 Å². The maximum absolute atomic E-state index is 2.45.